The fourth-order valence-electron chi connectivity index (χ4n) is 4.22. The zero-order valence-corrected chi connectivity index (χ0v) is 15.2. The summed E-state index contributed by atoms with van der Waals surface area (Å²) in [5.41, 5.74) is -0.178. The van der Waals surface area contributed by atoms with Gasteiger partial charge in [0.2, 0.25) is 5.91 Å². The number of amides is 1. The number of hydrogen-bond acceptors (Lipinski definition) is 3. The quantitative estimate of drug-likeness (QED) is 0.829. The van der Waals surface area contributed by atoms with Crippen LogP contribution in [0.5, 0.6) is 0 Å². The van der Waals surface area contributed by atoms with Crippen LogP contribution in [0.3, 0.4) is 0 Å². The summed E-state index contributed by atoms with van der Waals surface area (Å²) in [5, 5.41) is 3.44. The van der Waals surface area contributed by atoms with E-state index in [0.717, 1.165) is 52.1 Å². The SMILES string of the molecule is Cl.Cl.O=C(N1CCCCC1)C1(N2CCCCC2)CCNCC1. The van der Waals surface area contributed by atoms with Crippen LogP contribution in [0.15, 0.2) is 0 Å². The summed E-state index contributed by atoms with van der Waals surface area (Å²) in [7, 11) is 0. The number of piperidine rings is 3. The van der Waals surface area contributed by atoms with Gasteiger partial charge in [0, 0.05) is 13.1 Å². The first-order chi connectivity index (χ1) is 9.83. The van der Waals surface area contributed by atoms with Crippen LogP contribution in [0.1, 0.15) is 51.4 Å². The Morgan fingerprint density at radius 1 is 0.773 bits per heavy atom. The van der Waals surface area contributed by atoms with E-state index in [1.165, 1.54) is 38.5 Å². The van der Waals surface area contributed by atoms with Crippen molar-refractivity contribution in [3.05, 3.63) is 0 Å². The highest BCUT2D eigenvalue weighted by Crippen LogP contribution is 2.32. The van der Waals surface area contributed by atoms with Crippen molar-refractivity contribution in [1.82, 2.24) is 15.1 Å². The first-order valence-electron chi connectivity index (χ1n) is 8.58. The van der Waals surface area contributed by atoms with Crippen molar-refractivity contribution in [2.75, 3.05) is 39.3 Å². The van der Waals surface area contributed by atoms with Gasteiger partial charge in [0.1, 0.15) is 5.54 Å². The average molecular weight is 352 g/mol. The van der Waals surface area contributed by atoms with E-state index >= 15 is 0 Å². The Balaban J connectivity index is 0.00000121. The standard InChI is InChI=1S/C16H29N3O.2ClH/c20-15(18-11-3-1-4-12-18)16(7-9-17-10-8-16)19-13-5-2-6-14-19;;/h17H,1-14H2;2*1H. The van der Waals surface area contributed by atoms with Gasteiger partial charge in [-0.1, -0.05) is 6.42 Å². The summed E-state index contributed by atoms with van der Waals surface area (Å²) in [4.78, 5) is 17.9. The van der Waals surface area contributed by atoms with E-state index in [2.05, 4.69) is 15.1 Å². The highest BCUT2D eigenvalue weighted by atomic mass is 35.5. The molecule has 0 aromatic rings. The van der Waals surface area contributed by atoms with Gasteiger partial charge in [0.25, 0.3) is 0 Å². The number of likely N-dealkylation sites (tertiary alicyclic amines) is 2. The van der Waals surface area contributed by atoms with Gasteiger partial charge >= 0.3 is 0 Å². The van der Waals surface area contributed by atoms with Crippen LogP contribution in [-0.2, 0) is 4.79 Å². The Morgan fingerprint density at radius 2 is 1.27 bits per heavy atom. The molecule has 0 aliphatic carbocycles. The van der Waals surface area contributed by atoms with Gasteiger partial charge in [-0.05, 0) is 71.1 Å². The number of nitrogens with one attached hydrogen (secondary N) is 1. The topological polar surface area (TPSA) is 35.6 Å². The molecule has 3 saturated heterocycles. The summed E-state index contributed by atoms with van der Waals surface area (Å²) in [5.74, 6) is 0.445. The maximum Gasteiger partial charge on any atom is 0.243 e. The van der Waals surface area contributed by atoms with Gasteiger partial charge in [0.15, 0.2) is 0 Å². The van der Waals surface area contributed by atoms with E-state index in [9.17, 15) is 4.79 Å². The molecule has 130 valence electrons. The van der Waals surface area contributed by atoms with E-state index in [1.807, 2.05) is 0 Å². The predicted octanol–water partition coefficient (Wildman–Crippen LogP) is 2.45. The van der Waals surface area contributed by atoms with Crippen molar-refractivity contribution in [3.8, 4) is 0 Å². The lowest BCUT2D eigenvalue weighted by molar-refractivity contribution is -0.149. The lowest BCUT2D eigenvalue weighted by Gasteiger charge is -2.49. The van der Waals surface area contributed by atoms with Crippen molar-refractivity contribution in [2.45, 2.75) is 56.9 Å². The van der Waals surface area contributed by atoms with Crippen LogP contribution in [0.4, 0.5) is 0 Å². The van der Waals surface area contributed by atoms with Crippen LogP contribution in [0.2, 0.25) is 0 Å². The Kier molecular flexibility index (Phi) is 8.47. The molecule has 0 saturated carbocycles. The van der Waals surface area contributed by atoms with Crippen LogP contribution in [-0.4, -0.2) is 60.5 Å². The van der Waals surface area contributed by atoms with E-state index < -0.39 is 0 Å². The number of nitrogens with zero attached hydrogens (tertiary/aromatic N) is 2. The van der Waals surface area contributed by atoms with Gasteiger partial charge in [-0.15, -0.1) is 24.8 Å². The lowest BCUT2D eigenvalue weighted by Crippen LogP contribution is -2.64. The molecule has 3 aliphatic rings. The number of carbonyl (C=O) groups excluding carboxylic acids is 1. The second-order valence-corrected chi connectivity index (χ2v) is 6.68. The molecule has 0 unspecified atom stereocenters. The molecule has 3 aliphatic heterocycles. The molecular formula is C16H31Cl2N3O. The van der Waals surface area contributed by atoms with E-state index in [1.54, 1.807) is 0 Å². The normalized spacial score (nSPS) is 25.7. The van der Waals surface area contributed by atoms with Crippen LogP contribution >= 0.6 is 24.8 Å². The highest BCUT2D eigenvalue weighted by molar-refractivity contribution is 5.87. The fourth-order valence-corrected chi connectivity index (χ4v) is 4.22. The summed E-state index contributed by atoms with van der Waals surface area (Å²) in [6, 6.07) is 0. The molecule has 0 bridgehead atoms. The molecule has 1 N–H and O–H groups in total. The summed E-state index contributed by atoms with van der Waals surface area (Å²) in [6.45, 7) is 6.22. The number of hydrogen-bond donors (Lipinski definition) is 1. The molecule has 22 heavy (non-hydrogen) atoms. The van der Waals surface area contributed by atoms with Crippen molar-refractivity contribution in [3.63, 3.8) is 0 Å². The third-order valence-electron chi connectivity index (χ3n) is 5.43. The molecule has 0 aromatic heterocycles. The summed E-state index contributed by atoms with van der Waals surface area (Å²) >= 11 is 0. The Hall–Kier alpha value is -0.0300. The minimum atomic E-state index is -0.178. The van der Waals surface area contributed by atoms with Crippen LogP contribution in [0, 0.1) is 0 Å². The Labute approximate surface area is 147 Å². The highest BCUT2D eigenvalue weighted by Gasteiger charge is 2.46. The van der Waals surface area contributed by atoms with E-state index in [0.29, 0.717) is 5.91 Å². The van der Waals surface area contributed by atoms with E-state index in [4.69, 9.17) is 0 Å². The minimum Gasteiger partial charge on any atom is -0.341 e. The van der Waals surface area contributed by atoms with Gasteiger partial charge in [-0.3, -0.25) is 9.69 Å². The van der Waals surface area contributed by atoms with Crippen LogP contribution < -0.4 is 5.32 Å². The summed E-state index contributed by atoms with van der Waals surface area (Å²) in [6.07, 6.45) is 9.56. The molecule has 3 rings (SSSR count). The first-order valence-corrected chi connectivity index (χ1v) is 8.58. The molecule has 1 amide bonds. The molecule has 0 spiro atoms. The van der Waals surface area contributed by atoms with Gasteiger partial charge in [-0.2, -0.15) is 0 Å². The van der Waals surface area contributed by atoms with Crippen molar-refractivity contribution in [1.29, 1.82) is 0 Å². The largest absolute Gasteiger partial charge is 0.341 e. The molecule has 0 atom stereocenters. The number of rotatable bonds is 2. The monoisotopic (exact) mass is 351 g/mol. The Morgan fingerprint density at radius 3 is 1.82 bits per heavy atom. The third-order valence-corrected chi connectivity index (χ3v) is 5.43. The van der Waals surface area contributed by atoms with Crippen molar-refractivity contribution < 1.29 is 4.79 Å². The zero-order valence-electron chi connectivity index (χ0n) is 13.5. The lowest BCUT2D eigenvalue weighted by atomic mass is 9.83. The fraction of sp³-hybridized carbons (Fsp3) is 0.938. The van der Waals surface area contributed by atoms with Gasteiger partial charge < -0.3 is 10.2 Å². The second-order valence-electron chi connectivity index (χ2n) is 6.68. The zero-order chi connectivity index (χ0) is 13.8. The molecule has 0 aromatic carbocycles. The predicted molar refractivity (Wildman–Crippen MR) is 95.2 cm³/mol. The average Bonchev–Trinajstić information content (AvgIpc) is 2.56. The van der Waals surface area contributed by atoms with Crippen LogP contribution in [0.25, 0.3) is 0 Å². The minimum absolute atomic E-state index is 0. The summed E-state index contributed by atoms with van der Waals surface area (Å²) < 4.78 is 0. The van der Waals surface area contributed by atoms with Gasteiger partial charge in [0.05, 0.1) is 0 Å². The van der Waals surface area contributed by atoms with Crippen molar-refractivity contribution >= 4 is 30.7 Å². The molecule has 6 heteroatoms. The van der Waals surface area contributed by atoms with E-state index in [-0.39, 0.29) is 30.4 Å². The maximum atomic E-state index is 13.2. The molecule has 3 fully saturated rings. The number of halogens is 2. The smallest absolute Gasteiger partial charge is 0.243 e. The maximum absolute atomic E-state index is 13.2. The molecule has 0 radical (unpaired) electrons. The first kappa shape index (κ1) is 20.0. The van der Waals surface area contributed by atoms with Gasteiger partial charge in [-0.25, -0.2) is 0 Å². The molecular weight excluding hydrogens is 321 g/mol. The Bertz CT molecular complexity index is 336. The van der Waals surface area contributed by atoms with Crippen molar-refractivity contribution in [2.24, 2.45) is 0 Å². The second kappa shape index (κ2) is 9.31. The third kappa shape index (κ3) is 4.08. The molecule has 4 nitrogen and oxygen atoms in total. The number of carbonyl (C=O) groups is 1. The molecule has 3 heterocycles.